The summed E-state index contributed by atoms with van der Waals surface area (Å²) in [6.45, 7) is 3.70. The van der Waals surface area contributed by atoms with E-state index < -0.39 is 4.92 Å². The summed E-state index contributed by atoms with van der Waals surface area (Å²) < 4.78 is 5.34. The van der Waals surface area contributed by atoms with Crippen LogP contribution in [-0.4, -0.2) is 30.2 Å². The molecule has 0 aliphatic heterocycles. The number of aromatic nitrogens is 4. The van der Waals surface area contributed by atoms with Gasteiger partial charge in [-0.25, -0.2) is 4.68 Å². The number of amides is 1. The topological polar surface area (TPSA) is 116 Å². The van der Waals surface area contributed by atoms with Crippen molar-refractivity contribution in [3.8, 4) is 5.69 Å². The maximum atomic E-state index is 12.5. The summed E-state index contributed by atoms with van der Waals surface area (Å²) in [5.74, 6) is 0.154. The van der Waals surface area contributed by atoms with E-state index in [1.807, 2.05) is 6.92 Å². The molecule has 0 aliphatic carbocycles. The molecule has 25 heavy (non-hydrogen) atoms. The van der Waals surface area contributed by atoms with Crippen molar-refractivity contribution in [3.05, 3.63) is 56.7 Å². The van der Waals surface area contributed by atoms with E-state index in [4.69, 9.17) is 0 Å². The first-order chi connectivity index (χ1) is 12.0. The second-order valence-electron chi connectivity index (χ2n) is 5.21. The molecule has 10 heteroatoms. The van der Waals surface area contributed by atoms with Crippen molar-refractivity contribution in [1.29, 1.82) is 0 Å². The third kappa shape index (κ3) is 3.38. The summed E-state index contributed by atoms with van der Waals surface area (Å²) in [7, 11) is 0. The molecule has 0 aliphatic rings. The van der Waals surface area contributed by atoms with Gasteiger partial charge in [0.25, 0.3) is 11.6 Å². The first kappa shape index (κ1) is 16.7. The Morgan fingerprint density at radius 2 is 2.08 bits per heavy atom. The smallest absolute Gasteiger partial charge is 0.270 e. The Labute approximate surface area is 146 Å². The number of aryl methyl sites for hydroxylation is 2. The van der Waals surface area contributed by atoms with E-state index in [9.17, 15) is 14.9 Å². The molecule has 3 rings (SSSR count). The van der Waals surface area contributed by atoms with Gasteiger partial charge in [0.05, 0.1) is 22.0 Å². The van der Waals surface area contributed by atoms with Crippen LogP contribution in [0.25, 0.3) is 5.69 Å². The number of carbonyl (C=O) groups excluding carboxylic acids is 1. The highest BCUT2D eigenvalue weighted by Crippen LogP contribution is 2.21. The number of anilines is 1. The number of nitrogens with zero attached hydrogens (tertiary/aromatic N) is 5. The Hall–Kier alpha value is -3.14. The normalized spacial score (nSPS) is 10.6. The number of benzene rings is 1. The number of carbonyl (C=O) groups is 1. The minimum atomic E-state index is -0.468. The zero-order valence-electron chi connectivity index (χ0n) is 13.5. The van der Waals surface area contributed by atoms with Crippen molar-refractivity contribution in [2.45, 2.75) is 20.3 Å². The Balaban J connectivity index is 1.91. The summed E-state index contributed by atoms with van der Waals surface area (Å²) >= 11 is 1.04. The molecule has 0 fully saturated rings. The predicted molar refractivity (Wildman–Crippen MR) is 92.2 cm³/mol. The predicted octanol–water partition coefficient (Wildman–Crippen LogP) is 2.76. The summed E-state index contributed by atoms with van der Waals surface area (Å²) in [5, 5.41) is 21.8. The average Bonchev–Trinajstić information content (AvgIpc) is 3.21. The fourth-order valence-electron chi connectivity index (χ4n) is 2.29. The molecular formula is C15H14N6O3S. The molecule has 0 atom stereocenters. The van der Waals surface area contributed by atoms with Crippen LogP contribution < -0.4 is 5.32 Å². The fraction of sp³-hybridized carbons (Fsp3) is 0.200. The Morgan fingerprint density at radius 1 is 1.36 bits per heavy atom. The van der Waals surface area contributed by atoms with E-state index in [2.05, 4.69) is 20.0 Å². The molecular weight excluding hydrogens is 344 g/mol. The fourth-order valence-corrected chi connectivity index (χ4v) is 2.93. The van der Waals surface area contributed by atoms with Crippen LogP contribution in [0.1, 0.15) is 28.0 Å². The van der Waals surface area contributed by atoms with Crippen LogP contribution in [0.3, 0.4) is 0 Å². The molecule has 2 heterocycles. The van der Waals surface area contributed by atoms with Gasteiger partial charge in [0.1, 0.15) is 10.7 Å². The van der Waals surface area contributed by atoms with Crippen molar-refractivity contribution in [2.24, 2.45) is 0 Å². The number of nitro benzene ring substituents is 1. The number of hydrogen-bond donors (Lipinski definition) is 1. The second kappa shape index (κ2) is 6.77. The van der Waals surface area contributed by atoms with Gasteiger partial charge >= 0.3 is 0 Å². The van der Waals surface area contributed by atoms with E-state index in [1.165, 1.54) is 16.8 Å². The van der Waals surface area contributed by atoms with E-state index >= 15 is 0 Å². The number of non-ortho nitro benzene ring substituents is 1. The molecule has 0 spiro atoms. The summed E-state index contributed by atoms with van der Waals surface area (Å²) in [4.78, 5) is 23.2. The van der Waals surface area contributed by atoms with Gasteiger partial charge in [-0.2, -0.15) is 5.10 Å². The quantitative estimate of drug-likeness (QED) is 0.554. The van der Waals surface area contributed by atoms with Crippen LogP contribution in [0.4, 0.5) is 11.5 Å². The Kier molecular flexibility index (Phi) is 4.52. The van der Waals surface area contributed by atoms with Crippen molar-refractivity contribution >= 4 is 28.9 Å². The highest BCUT2D eigenvalue weighted by Gasteiger charge is 2.18. The average molecular weight is 358 g/mol. The summed E-state index contributed by atoms with van der Waals surface area (Å²) in [6.07, 6.45) is 0.611. The van der Waals surface area contributed by atoms with Crippen molar-refractivity contribution in [3.63, 3.8) is 0 Å². The van der Waals surface area contributed by atoms with E-state index in [1.54, 1.807) is 25.1 Å². The molecule has 1 aromatic carbocycles. The van der Waals surface area contributed by atoms with E-state index in [-0.39, 0.29) is 11.6 Å². The van der Waals surface area contributed by atoms with Gasteiger partial charge in [0.15, 0.2) is 0 Å². The lowest BCUT2D eigenvalue weighted by Gasteiger charge is -2.08. The first-order valence-corrected chi connectivity index (χ1v) is 8.21. The number of nitrogens with one attached hydrogen (secondary N) is 1. The zero-order chi connectivity index (χ0) is 18.0. The van der Waals surface area contributed by atoms with Crippen LogP contribution in [-0.2, 0) is 6.42 Å². The minimum Gasteiger partial charge on any atom is -0.306 e. The molecule has 2 aromatic heterocycles. The molecule has 0 saturated carbocycles. The molecule has 1 amide bonds. The highest BCUT2D eigenvalue weighted by molar-refractivity contribution is 7.08. The lowest BCUT2D eigenvalue weighted by atomic mass is 10.3. The molecule has 0 unspecified atom stereocenters. The molecule has 0 saturated heterocycles. The van der Waals surface area contributed by atoms with Gasteiger partial charge in [0, 0.05) is 18.2 Å². The molecule has 128 valence electrons. The highest BCUT2D eigenvalue weighted by atomic mass is 32.1. The standard InChI is InChI=1S/C15H14N6O3S/c1-3-12-14(25-19-17-12)15(22)16-13-8-9(2)18-20(13)10-4-6-11(7-5-10)21(23)24/h4-8H,3H2,1-2H3,(H,16,22). The van der Waals surface area contributed by atoms with Crippen LogP contribution >= 0.6 is 11.5 Å². The summed E-state index contributed by atoms with van der Waals surface area (Å²) in [6, 6.07) is 7.65. The largest absolute Gasteiger partial charge is 0.306 e. The van der Waals surface area contributed by atoms with E-state index in [0.29, 0.717) is 34.2 Å². The molecule has 0 bridgehead atoms. The van der Waals surface area contributed by atoms with Gasteiger partial charge in [-0.05, 0) is 37.0 Å². The van der Waals surface area contributed by atoms with Gasteiger partial charge in [-0.1, -0.05) is 11.4 Å². The lowest BCUT2D eigenvalue weighted by Crippen LogP contribution is -2.15. The number of rotatable bonds is 5. The lowest BCUT2D eigenvalue weighted by molar-refractivity contribution is -0.384. The Morgan fingerprint density at radius 3 is 2.72 bits per heavy atom. The molecule has 1 N–H and O–H groups in total. The SMILES string of the molecule is CCc1nnsc1C(=O)Nc1cc(C)nn1-c1ccc([N+](=O)[O-])cc1. The van der Waals surface area contributed by atoms with Crippen LogP contribution in [0.2, 0.25) is 0 Å². The van der Waals surface area contributed by atoms with Gasteiger partial charge in [0.2, 0.25) is 0 Å². The maximum Gasteiger partial charge on any atom is 0.270 e. The van der Waals surface area contributed by atoms with Crippen LogP contribution in [0, 0.1) is 17.0 Å². The van der Waals surface area contributed by atoms with Crippen molar-refractivity contribution < 1.29 is 9.72 Å². The van der Waals surface area contributed by atoms with Gasteiger partial charge in [-0.15, -0.1) is 5.10 Å². The third-order valence-electron chi connectivity index (χ3n) is 3.48. The van der Waals surface area contributed by atoms with Crippen molar-refractivity contribution in [1.82, 2.24) is 19.4 Å². The summed E-state index contributed by atoms with van der Waals surface area (Å²) in [5.41, 5.74) is 1.93. The Bertz CT molecular complexity index is 931. The monoisotopic (exact) mass is 358 g/mol. The maximum absolute atomic E-state index is 12.5. The molecule has 0 radical (unpaired) electrons. The number of nitro groups is 1. The van der Waals surface area contributed by atoms with Crippen LogP contribution in [0.5, 0.6) is 0 Å². The molecule has 9 nitrogen and oxygen atoms in total. The molecule has 3 aromatic rings. The van der Waals surface area contributed by atoms with E-state index in [0.717, 1.165) is 11.5 Å². The van der Waals surface area contributed by atoms with Crippen LogP contribution in [0.15, 0.2) is 30.3 Å². The van der Waals surface area contributed by atoms with Gasteiger partial charge < -0.3 is 5.32 Å². The van der Waals surface area contributed by atoms with Crippen molar-refractivity contribution in [2.75, 3.05) is 5.32 Å². The number of hydrogen-bond acceptors (Lipinski definition) is 7. The van der Waals surface area contributed by atoms with Gasteiger partial charge in [-0.3, -0.25) is 14.9 Å². The third-order valence-corrected chi connectivity index (χ3v) is 4.24. The first-order valence-electron chi connectivity index (χ1n) is 7.43. The zero-order valence-corrected chi connectivity index (χ0v) is 14.3. The minimum absolute atomic E-state index is 0.0125. The second-order valence-corrected chi connectivity index (χ2v) is 5.97.